The van der Waals surface area contributed by atoms with E-state index in [1.54, 1.807) is 18.3 Å². The van der Waals surface area contributed by atoms with Crippen molar-refractivity contribution in [1.29, 1.82) is 0 Å². The fourth-order valence-electron chi connectivity index (χ4n) is 3.96. The molecule has 0 fully saturated rings. The molecule has 0 unspecified atom stereocenters. The lowest BCUT2D eigenvalue weighted by Gasteiger charge is -2.12. The third-order valence-electron chi connectivity index (χ3n) is 5.93. The molecule has 0 aliphatic rings. The lowest BCUT2D eigenvalue weighted by Crippen LogP contribution is -2.09. The molecule has 0 bridgehead atoms. The van der Waals surface area contributed by atoms with E-state index in [4.69, 9.17) is 9.47 Å². The molecule has 1 N–H and O–H groups in total. The Bertz CT molecular complexity index is 1870. The van der Waals surface area contributed by atoms with Crippen LogP contribution in [0.15, 0.2) is 70.9 Å². The molecule has 216 valence electrons. The van der Waals surface area contributed by atoms with Crippen LogP contribution in [0.1, 0.15) is 30.8 Å². The zero-order valence-electron chi connectivity index (χ0n) is 22.5. The smallest absolute Gasteiger partial charge is 0.240 e. The molecule has 3 aromatic heterocycles. The van der Waals surface area contributed by atoms with E-state index < -0.39 is 10.3 Å². The number of ether oxygens (including phenoxy) is 2. The summed E-state index contributed by atoms with van der Waals surface area (Å²) in [7, 11) is -2.41. The number of aromatic nitrogens is 4. The van der Waals surface area contributed by atoms with Gasteiger partial charge in [-0.25, -0.2) is 19.3 Å². The highest BCUT2D eigenvalue weighted by atomic mass is 79.9. The molecule has 9 nitrogen and oxygen atoms in total. The lowest BCUT2D eigenvalue weighted by atomic mass is 10.1. The molecule has 0 amide bonds. The molecule has 3 heterocycles. The van der Waals surface area contributed by atoms with Crippen LogP contribution in [-0.2, 0) is 28.2 Å². The first-order chi connectivity index (χ1) is 20.2. The van der Waals surface area contributed by atoms with Gasteiger partial charge in [-0.2, -0.15) is 8.42 Å². The van der Waals surface area contributed by atoms with Crippen LogP contribution >= 0.6 is 27.3 Å². The third kappa shape index (κ3) is 7.53. The molecule has 0 aliphatic heterocycles. The van der Waals surface area contributed by atoms with Gasteiger partial charge >= 0.3 is 0 Å². The summed E-state index contributed by atoms with van der Waals surface area (Å²) < 4.78 is 48.5. The van der Waals surface area contributed by atoms with Crippen LogP contribution in [0.25, 0.3) is 22.3 Å². The van der Waals surface area contributed by atoms with E-state index in [1.807, 2.05) is 43.5 Å². The second-order valence-corrected chi connectivity index (χ2v) is 12.3. The number of halogens is 2. The molecule has 5 rings (SSSR count). The second kappa shape index (κ2) is 13.5. The molecule has 0 saturated heterocycles. The fraction of sp³-hybridized carbons (Fsp3) is 0.207. The minimum Gasteiger partial charge on any atom is -0.488 e. The van der Waals surface area contributed by atoms with Crippen molar-refractivity contribution >= 4 is 65.0 Å². The van der Waals surface area contributed by atoms with Gasteiger partial charge < -0.3 is 14.8 Å². The van der Waals surface area contributed by atoms with Crippen LogP contribution in [0.4, 0.5) is 15.9 Å². The molecule has 0 atom stereocenters. The van der Waals surface area contributed by atoms with Crippen molar-refractivity contribution < 1.29 is 22.3 Å². The quantitative estimate of drug-likeness (QED) is 0.158. The van der Waals surface area contributed by atoms with Crippen molar-refractivity contribution in [1.82, 2.24) is 19.9 Å². The standard InChI is InChI=1S/C29H25BrFN5O4S2/c1-17(2)8-28(42(37)38)40-14-27-36-25(15-41-27)23-11-21-24(12-32-23)33-16-34-29(21)35-20-6-7-26(22(30)10-20)39-13-18-4-3-5-19(31)9-18/h3-7,9-12,15-17H,8,13-14H2,1-2H3,(H,33,34,35). The second-order valence-electron chi connectivity index (χ2n) is 9.62. The number of nitrogens with one attached hydrogen (secondary N) is 1. The topological polar surface area (TPSA) is 116 Å². The maximum Gasteiger partial charge on any atom is 0.240 e. The van der Waals surface area contributed by atoms with Crippen molar-refractivity contribution in [3.05, 3.63) is 87.3 Å². The molecule has 5 aromatic rings. The fourth-order valence-corrected chi connectivity index (χ4v) is 5.78. The average molecular weight is 671 g/mol. The highest BCUT2D eigenvalue weighted by molar-refractivity contribution is 9.10. The van der Waals surface area contributed by atoms with E-state index in [0.29, 0.717) is 39.9 Å². The Labute approximate surface area is 255 Å². The van der Waals surface area contributed by atoms with Gasteiger partial charge in [-0.05, 0) is 63.8 Å². The van der Waals surface area contributed by atoms with Gasteiger partial charge in [0.2, 0.25) is 10.3 Å². The van der Waals surface area contributed by atoms with Crippen molar-refractivity contribution in [2.45, 2.75) is 33.5 Å². The SMILES string of the molecule is CC(C)CC(OCc1nc(-c2cc3c(Nc4ccc(OCc5cccc(F)c5)c(Br)c4)ncnc3cn2)cs1)=S(=O)=O. The third-order valence-corrected chi connectivity index (χ3v) is 8.03. The monoisotopic (exact) mass is 669 g/mol. The van der Waals surface area contributed by atoms with Crippen LogP contribution < -0.4 is 10.1 Å². The number of thiazole rings is 1. The number of anilines is 2. The van der Waals surface area contributed by atoms with Crippen LogP contribution in [0.5, 0.6) is 5.75 Å². The Balaban J connectivity index is 1.31. The van der Waals surface area contributed by atoms with Crippen molar-refractivity contribution in [3.8, 4) is 17.1 Å². The summed E-state index contributed by atoms with van der Waals surface area (Å²) in [6.07, 6.45) is 3.44. The maximum atomic E-state index is 13.5. The van der Waals surface area contributed by atoms with E-state index in [2.05, 4.69) is 41.2 Å². The predicted molar refractivity (Wildman–Crippen MR) is 165 cm³/mol. The van der Waals surface area contributed by atoms with E-state index >= 15 is 0 Å². The Morgan fingerprint density at radius 3 is 2.69 bits per heavy atom. The van der Waals surface area contributed by atoms with Crippen molar-refractivity contribution in [2.75, 3.05) is 5.32 Å². The highest BCUT2D eigenvalue weighted by Crippen LogP contribution is 2.32. The first-order valence-electron chi connectivity index (χ1n) is 12.8. The molecule has 0 aliphatic carbocycles. The molecule has 42 heavy (non-hydrogen) atoms. The van der Waals surface area contributed by atoms with Crippen molar-refractivity contribution in [3.63, 3.8) is 0 Å². The van der Waals surface area contributed by atoms with Crippen LogP contribution in [0.2, 0.25) is 0 Å². The number of hydrogen-bond donors (Lipinski definition) is 1. The van der Waals surface area contributed by atoms with Gasteiger partial charge in [0.1, 0.15) is 41.9 Å². The minimum absolute atomic E-state index is 0.0243. The summed E-state index contributed by atoms with van der Waals surface area (Å²) in [5, 5.41) is 6.57. The lowest BCUT2D eigenvalue weighted by molar-refractivity contribution is 0.286. The van der Waals surface area contributed by atoms with Gasteiger partial charge in [0, 0.05) is 22.9 Å². The maximum absolute atomic E-state index is 13.5. The largest absolute Gasteiger partial charge is 0.488 e. The van der Waals surface area contributed by atoms with E-state index in [-0.39, 0.29) is 30.0 Å². The van der Waals surface area contributed by atoms with Crippen LogP contribution in [0.3, 0.4) is 0 Å². The Morgan fingerprint density at radius 2 is 1.93 bits per heavy atom. The summed E-state index contributed by atoms with van der Waals surface area (Å²) >= 11 is 4.91. The molecular weight excluding hydrogens is 645 g/mol. The van der Waals surface area contributed by atoms with Crippen LogP contribution in [0, 0.1) is 11.7 Å². The number of rotatable bonds is 10. The summed E-state index contributed by atoms with van der Waals surface area (Å²) in [5.41, 5.74) is 3.38. The molecule has 2 aromatic carbocycles. The summed E-state index contributed by atoms with van der Waals surface area (Å²) in [6.45, 7) is 4.14. The van der Waals surface area contributed by atoms with Gasteiger partial charge in [0.15, 0.2) is 5.05 Å². The number of fused-ring (bicyclic) bond motifs is 1. The first kappa shape index (κ1) is 29.7. The molecular formula is C29H25BrFN5O4S2. The highest BCUT2D eigenvalue weighted by Gasteiger charge is 2.13. The van der Waals surface area contributed by atoms with E-state index in [0.717, 1.165) is 21.1 Å². The summed E-state index contributed by atoms with van der Waals surface area (Å²) in [4.78, 5) is 17.9. The van der Waals surface area contributed by atoms with Gasteiger partial charge in [-0.1, -0.05) is 26.0 Å². The zero-order valence-corrected chi connectivity index (χ0v) is 25.8. The Kier molecular flexibility index (Phi) is 9.52. The van der Waals surface area contributed by atoms with Gasteiger partial charge in [-0.3, -0.25) is 4.98 Å². The van der Waals surface area contributed by atoms with Gasteiger partial charge in [0.25, 0.3) is 0 Å². The zero-order chi connectivity index (χ0) is 29.6. The number of benzene rings is 2. The normalized spacial score (nSPS) is 11.2. The Morgan fingerprint density at radius 1 is 1.07 bits per heavy atom. The molecule has 0 saturated carbocycles. The van der Waals surface area contributed by atoms with E-state index in [1.165, 1.54) is 29.8 Å². The number of nitrogens with zero attached hydrogens (tertiary/aromatic N) is 4. The summed E-state index contributed by atoms with van der Waals surface area (Å²) in [6, 6.07) is 13.7. The minimum atomic E-state index is -2.41. The van der Waals surface area contributed by atoms with Gasteiger partial charge in [-0.15, -0.1) is 11.3 Å². The number of hydrogen-bond acceptors (Lipinski definition) is 10. The predicted octanol–water partition coefficient (Wildman–Crippen LogP) is 6.94. The Hall–Kier alpha value is -3.78. The van der Waals surface area contributed by atoms with Gasteiger partial charge in [0.05, 0.1) is 27.6 Å². The van der Waals surface area contributed by atoms with Crippen molar-refractivity contribution in [2.24, 2.45) is 5.92 Å². The molecule has 0 radical (unpaired) electrons. The number of pyridine rings is 1. The first-order valence-corrected chi connectivity index (χ1v) is 15.6. The van der Waals surface area contributed by atoms with Crippen LogP contribution in [-0.4, -0.2) is 33.4 Å². The van der Waals surface area contributed by atoms with E-state index in [9.17, 15) is 12.8 Å². The summed E-state index contributed by atoms with van der Waals surface area (Å²) in [5.74, 6) is 1.03. The molecule has 13 heteroatoms. The average Bonchev–Trinajstić information content (AvgIpc) is 3.44. The molecule has 0 spiro atoms.